The molecule has 1 aliphatic rings. The third-order valence-corrected chi connectivity index (χ3v) is 5.09. The van der Waals surface area contributed by atoms with Gasteiger partial charge in [0.1, 0.15) is 11.8 Å². The fraction of sp³-hybridized carbons (Fsp3) is 0.579. The zero-order chi connectivity index (χ0) is 18.1. The number of carbonyl (C=O) groups excluding carboxylic acids is 2. The maximum absolute atomic E-state index is 12.9. The lowest BCUT2D eigenvalue weighted by molar-refractivity contribution is -0.139. The van der Waals surface area contributed by atoms with Crippen LogP contribution in [0.25, 0.3) is 0 Å². The molecule has 0 aliphatic carbocycles. The number of likely N-dealkylation sites (tertiary alicyclic amines) is 1. The number of benzene rings is 1. The van der Waals surface area contributed by atoms with Crippen LogP contribution >= 0.6 is 11.8 Å². The molecule has 0 aromatic heterocycles. The van der Waals surface area contributed by atoms with Crippen molar-refractivity contribution in [2.45, 2.75) is 44.7 Å². The molecule has 1 N–H and O–H groups in total. The summed E-state index contributed by atoms with van der Waals surface area (Å²) in [7, 11) is 0. The molecule has 138 valence electrons. The normalized spacial score (nSPS) is 18.5. The lowest BCUT2D eigenvalue weighted by Gasteiger charge is -2.36. The Morgan fingerprint density at radius 1 is 1.32 bits per heavy atom. The van der Waals surface area contributed by atoms with Gasteiger partial charge in [-0.3, -0.25) is 9.59 Å². The summed E-state index contributed by atoms with van der Waals surface area (Å²) in [5, 5.41) is 2.87. The van der Waals surface area contributed by atoms with Gasteiger partial charge in [0.05, 0.1) is 0 Å². The van der Waals surface area contributed by atoms with E-state index in [2.05, 4.69) is 12.2 Å². The number of carbonyl (C=O) groups is 2. The number of ether oxygens (including phenoxy) is 1. The van der Waals surface area contributed by atoms with Gasteiger partial charge >= 0.3 is 0 Å². The van der Waals surface area contributed by atoms with Crippen LogP contribution in [-0.4, -0.2) is 54.0 Å². The summed E-state index contributed by atoms with van der Waals surface area (Å²) >= 11 is 1.68. The van der Waals surface area contributed by atoms with Crippen molar-refractivity contribution in [2.75, 3.05) is 25.2 Å². The molecule has 1 aliphatic heterocycles. The predicted octanol–water partition coefficient (Wildman–Crippen LogP) is 2.70. The number of hydrogen-bond donors (Lipinski definition) is 1. The average Bonchev–Trinajstić information content (AvgIpc) is 2.64. The van der Waals surface area contributed by atoms with Crippen molar-refractivity contribution in [3.05, 3.63) is 30.3 Å². The second-order valence-corrected chi connectivity index (χ2v) is 7.37. The summed E-state index contributed by atoms with van der Waals surface area (Å²) in [4.78, 5) is 27.1. The quantitative estimate of drug-likeness (QED) is 0.770. The number of amides is 2. The van der Waals surface area contributed by atoms with Gasteiger partial charge in [-0.1, -0.05) is 18.2 Å². The van der Waals surface area contributed by atoms with Gasteiger partial charge in [-0.25, -0.2) is 0 Å². The fourth-order valence-electron chi connectivity index (χ4n) is 3.02. The highest BCUT2D eigenvalue weighted by atomic mass is 32.2. The van der Waals surface area contributed by atoms with Crippen molar-refractivity contribution < 1.29 is 14.3 Å². The lowest BCUT2D eigenvalue weighted by Crippen LogP contribution is -2.53. The second kappa shape index (κ2) is 10.3. The number of thioether (sulfide) groups is 1. The minimum absolute atomic E-state index is 0.0364. The van der Waals surface area contributed by atoms with E-state index < -0.39 is 6.04 Å². The minimum atomic E-state index is -0.472. The van der Waals surface area contributed by atoms with Crippen LogP contribution in [0, 0.1) is 0 Å². The summed E-state index contributed by atoms with van der Waals surface area (Å²) in [5.74, 6) is 1.26. The number of rotatable bonds is 8. The summed E-state index contributed by atoms with van der Waals surface area (Å²) < 4.78 is 5.48. The molecule has 6 heteroatoms. The Morgan fingerprint density at radius 2 is 2.08 bits per heavy atom. The Balaban J connectivity index is 1.91. The molecule has 1 fully saturated rings. The molecule has 0 spiro atoms. The van der Waals surface area contributed by atoms with Gasteiger partial charge in [0.15, 0.2) is 6.61 Å². The molecule has 1 aromatic rings. The predicted molar refractivity (Wildman–Crippen MR) is 102 cm³/mol. The van der Waals surface area contributed by atoms with E-state index in [1.807, 2.05) is 29.4 Å². The molecular formula is C19H28N2O3S. The number of nitrogens with one attached hydrogen (secondary N) is 1. The first kappa shape index (κ1) is 19.6. The van der Waals surface area contributed by atoms with E-state index in [0.29, 0.717) is 12.2 Å². The molecule has 2 atom stereocenters. The first-order chi connectivity index (χ1) is 12.1. The molecule has 0 saturated carbocycles. The van der Waals surface area contributed by atoms with Crippen molar-refractivity contribution in [3.63, 3.8) is 0 Å². The molecule has 1 saturated heterocycles. The van der Waals surface area contributed by atoms with E-state index in [1.165, 1.54) is 0 Å². The Bertz CT molecular complexity index is 553. The number of nitrogens with zero attached hydrogens (tertiary/aromatic N) is 1. The molecular weight excluding hydrogens is 336 g/mol. The van der Waals surface area contributed by atoms with Crippen LogP contribution in [0.15, 0.2) is 30.3 Å². The fourth-order valence-corrected chi connectivity index (χ4v) is 3.49. The minimum Gasteiger partial charge on any atom is -0.484 e. The number of hydrogen-bond acceptors (Lipinski definition) is 4. The van der Waals surface area contributed by atoms with Crippen molar-refractivity contribution in [1.82, 2.24) is 10.2 Å². The first-order valence-corrected chi connectivity index (χ1v) is 10.3. The third kappa shape index (κ3) is 6.27. The van der Waals surface area contributed by atoms with Gasteiger partial charge in [0.25, 0.3) is 5.91 Å². The maximum atomic E-state index is 12.9. The highest BCUT2D eigenvalue weighted by Gasteiger charge is 2.30. The SMILES string of the molecule is CSCCC(NC(=O)COc1ccccc1)C(=O)N1CCCCC1C. The molecule has 0 radical (unpaired) electrons. The summed E-state index contributed by atoms with van der Waals surface area (Å²) in [6.07, 6.45) is 5.88. The van der Waals surface area contributed by atoms with E-state index in [-0.39, 0.29) is 24.5 Å². The molecule has 2 amide bonds. The van der Waals surface area contributed by atoms with Crippen LogP contribution in [0.5, 0.6) is 5.75 Å². The average molecular weight is 365 g/mol. The van der Waals surface area contributed by atoms with Crippen LogP contribution in [0.2, 0.25) is 0 Å². The van der Waals surface area contributed by atoms with E-state index in [4.69, 9.17) is 4.74 Å². The van der Waals surface area contributed by atoms with Crippen LogP contribution in [-0.2, 0) is 9.59 Å². The van der Waals surface area contributed by atoms with Gasteiger partial charge in [-0.2, -0.15) is 11.8 Å². The van der Waals surface area contributed by atoms with Crippen molar-refractivity contribution in [3.8, 4) is 5.75 Å². The van der Waals surface area contributed by atoms with E-state index in [1.54, 1.807) is 23.9 Å². The van der Waals surface area contributed by atoms with Gasteiger partial charge in [-0.05, 0) is 56.7 Å². The zero-order valence-electron chi connectivity index (χ0n) is 15.1. The zero-order valence-corrected chi connectivity index (χ0v) is 15.9. The Hall–Kier alpha value is -1.69. The standard InChI is InChI=1S/C19H28N2O3S/c1-15-8-6-7-12-21(15)19(23)17(11-13-25-2)20-18(22)14-24-16-9-4-3-5-10-16/h3-5,9-10,15,17H,6-8,11-14H2,1-2H3,(H,20,22). The highest BCUT2D eigenvalue weighted by Crippen LogP contribution is 2.18. The van der Waals surface area contributed by atoms with Crippen LogP contribution in [0.4, 0.5) is 0 Å². The largest absolute Gasteiger partial charge is 0.484 e. The number of para-hydroxylation sites is 1. The van der Waals surface area contributed by atoms with E-state index >= 15 is 0 Å². The van der Waals surface area contributed by atoms with Crippen LogP contribution < -0.4 is 10.1 Å². The van der Waals surface area contributed by atoms with Crippen LogP contribution in [0.1, 0.15) is 32.6 Å². The summed E-state index contributed by atoms with van der Waals surface area (Å²) in [6.45, 7) is 2.79. The summed E-state index contributed by atoms with van der Waals surface area (Å²) in [6, 6.07) is 8.99. The number of piperidine rings is 1. The van der Waals surface area contributed by atoms with Crippen molar-refractivity contribution in [2.24, 2.45) is 0 Å². The molecule has 2 rings (SSSR count). The molecule has 0 bridgehead atoms. The monoisotopic (exact) mass is 364 g/mol. The maximum Gasteiger partial charge on any atom is 0.258 e. The van der Waals surface area contributed by atoms with Crippen molar-refractivity contribution >= 4 is 23.6 Å². The molecule has 1 heterocycles. The third-order valence-electron chi connectivity index (χ3n) is 4.44. The van der Waals surface area contributed by atoms with E-state index in [9.17, 15) is 9.59 Å². The highest BCUT2D eigenvalue weighted by molar-refractivity contribution is 7.98. The Morgan fingerprint density at radius 3 is 2.76 bits per heavy atom. The first-order valence-electron chi connectivity index (χ1n) is 8.88. The van der Waals surface area contributed by atoms with E-state index in [0.717, 1.165) is 31.6 Å². The Labute approximate surface area is 154 Å². The van der Waals surface area contributed by atoms with Gasteiger partial charge < -0.3 is 15.0 Å². The lowest BCUT2D eigenvalue weighted by atomic mass is 10.0. The van der Waals surface area contributed by atoms with Gasteiger partial charge in [0, 0.05) is 12.6 Å². The van der Waals surface area contributed by atoms with Crippen LogP contribution in [0.3, 0.4) is 0 Å². The smallest absolute Gasteiger partial charge is 0.258 e. The molecule has 2 unspecified atom stereocenters. The van der Waals surface area contributed by atoms with Gasteiger partial charge in [-0.15, -0.1) is 0 Å². The topological polar surface area (TPSA) is 58.6 Å². The van der Waals surface area contributed by atoms with Gasteiger partial charge in [0.2, 0.25) is 5.91 Å². The molecule has 5 nitrogen and oxygen atoms in total. The van der Waals surface area contributed by atoms with Crippen molar-refractivity contribution in [1.29, 1.82) is 0 Å². The molecule has 25 heavy (non-hydrogen) atoms. The Kier molecular flexibility index (Phi) is 8.12. The second-order valence-electron chi connectivity index (χ2n) is 6.38. The summed E-state index contributed by atoms with van der Waals surface area (Å²) in [5.41, 5.74) is 0. The molecule has 1 aromatic carbocycles.